The number of halogens is 2. The lowest BCUT2D eigenvalue weighted by atomic mass is 10.3. The molecule has 0 saturated carbocycles. The molecule has 0 bridgehead atoms. The van der Waals surface area contributed by atoms with Crippen LogP contribution in [0.1, 0.15) is 26.7 Å². The summed E-state index contributed by atoms with van der Waals surface area (Å²) >= 11 is 0.329. The van der Waals surface area contributed by atoms with Crippen molar-refractivity contribution in [3.05, 3.63) is 45.1 Å². The van der Waals surface area contributed by atoms with Crippen LogP contribution in [0.4, 0.5) is 26.0 Å². The van der Waals surface area contributed by atoms with Crippen LogP contribution >= 0.6 is 11.8 Å². The van der Waals surface area contributed by atoms with Gasteiger partial charge in [0.05, 0.1) is 12.2 Å². The number of alkyl halides is 2. The minimum Gasteiger partial charge on any atom is -0.383 e. The molecule has 0 aliphatic rings. The second kappa shape index (κ2) is 10.8. The summed E-state index contributed by atoms with van der Waals surface area (Å²) < 4.78 is 26.7. The second-order valence-corrected chi connectivity index (χ2v) is 7.47. The summed E-state index contributed by atoms with van der Waals surface area (Å²) in [5.74, 6) is -3.15. The van der Waals surface area contributed by atoms with Crippen molar-refractivity contribution in [2.45, 2.75) is 43.9 Å². The van der Waals surface area contributed by atoms with E-state index in [1.807, 2.05) is 6.92 Å². The van der Waals surface area contributed by atoms with Crippen LogP contribution in [-0.4, -0.2) is 34.3 Å². The standard InChI is InChI=1S/C19H25F2N5O3S/c1-3-5-10-26-16(22)15(17(28)24-19(26)29)25(4-2)11-14(27)23-12-8-6-7-9-13(12)30-18(20)21/h6-9,18H,3-5,10-11,22H2,1-2H3,(H,23,27)(H,24,28,29). The third-order valence-electron chi connectivity index (χ3n) is 4.36. The van der Waals surface area contributed by atoms with Crippen molar-refractivity contribution in [1.82, 2.24) is 9.55 Å². The van der Waals surface area contributed by atoms with Crippen molar-refractivity contribution in [2.75, 3.05) is 29.0 Å². The molecule has 0 fully saturated rings. The maximum absolute atomic E-state index is 12.7. The van der Waals surface area contributed by atoms with Crippen LogP contribution in [-0.2, 0) is 11.3 Å². The molecular weight excluding hydrogens is 416 g/mol. The molecule has 0 saturated heterocycles. The van der Waals surface area contributed by atoms with Crippen LogP contribution in [0.15, 0.2) is 38.8 Å². The molecule has 0 unspecified atom stereocenters. The maximum Gasteiger partial charge on any atom is 0.330 e. The SMILES string of the molecule is CCCCn1c(N)c(N(CC)CC(=O)Nc2ccccc2SC(F)F)c(=O)[nH]c1=O. The fourth-order valence-electron chi connectivity index (χ4n) is 2.90. The number of para-hydroxylation sites is 1. The van der Waals surface area contributed by atoms with Gasteiger partial charge < -0.3 is 16.0 Å². The number of thioether (sulfide) groups is 1. The number of carbonyl (C=O) groups excluding carboxylic acids is 1. The number of aromatic amines is 1. The highest BCUT2D eigenvalue weighted by Gasteiger charge is 2.20. The van der Waals surface area contributed by atoms with Crippen molar-refractivity contribution in [3.63, 3.8) is 0 Å². The molecule has 30 heavy (non-hydrogen) atoms. The minimum atomic E-state index is -2.63. The van der Waals surface area contributed by atoms with Crippen molar-refractivity contribution >= 4 is 34.9 Å². The minimum absolute atomic E-state index is 0.0134. The van der Waals surface area contributed by atoms with Gasteiger partial charge in [-0.2, -0.15) is 8.78 Å². The molecule has 0 radical (unpaired) electrons. The number of anilines is 3. The van der Waals surface area contributed by atoms with E-state index in [2.05, 4.69) is 10.3 Å². The summed E-state index contributed by atoms with van der Waals surface area (Å²) in [5, 5.41) is 2.59. The molecule has 0 atom stereocenters. The van der Waals surface area contributed by atoms with Crippen LogP contribution in [0.25, 0.3) is 0 Å². The molecule has 8 nitrogen and oxygen atoms in total. The highest BCUT2D eigenvalue weighted by atomic mass is 32.2. The van der Waals surface area contributed by atoms with E-state index < -0.39 is 22.9 Å². The summed E-state index contributed by atoms with van der Waals surface area (Å²) in [4.78, 5) is 41.0. The fraction of sp³-hybridized carbons (Fsp3) is 0.421. The summed E-state index contributed by atoms with van der Waals surface area (Å²) in [5.41, 5.74) is 5.08. The number of hydrogen-bond acceptors (Lipinski definition) is 6. The van der Waals surface area contributed by atoms with Gasteiger partial charge in [-0.25, -0.2) is 4.79 Å². The Morgan fingerprint density at radius 1 is 1.30 bits per heavy atom. The number of benzene rings is 1. The zero-order valence-corrected chi connectivity index (χ0v) is 17.6. The number of nitrogen functional groups attached to an aromatic ring is 1. The largest absolute Gasteiger partial charge is 0.383 e. The Kier molecular flexibility index (Phi) is 8.46. The molecule has 2 aromatic rings. The zero-order chi connectivity index (χ0) is 22.3. The fourth-order valence-corrected chi connectivity index (χ4v) is 3.50. The number of nitrogens with two attached hydrogens (primary N) is 1. The number of H-pyrrole nitrogens is 1. The first kappa shape index (κ1) is 23.5. The lowest BCUT2D eigenvalue weighted by Gasteiger charge is -2.24. The number of carbonyl (C=O) groups is 1. The Balaban J connectivity index is 2.27. The molecule has 1 aromatic heterocycles. The van der Waals surface area contributed by atoms with E-state index in [1.165, 1.54) is 21.6 Å². The Bertz CT molecular complexity index is 993. The van der Waals surface area contributed by atoms with Crippen LogP contribution in [0.2, 0.25) is 0 Å². The molecule has 0 spiro atoms. The topological polar surface area (TPSA) is 113 Å². The summed E-state index contributed by atoms with van der Waals surface area (Å²) in [6, 6.07) is 6.22. The van der Waals surface area contributed by atoms with Gasteiger partial charge in [-0.05, 0) is 25.5 Å². The van der Waals surface area contributed by atoms with E-state index in [4.69, 9.17) is 5.73 Å². The average molecular weight is 442 g/mol. The van der Waals surface area contributed by atoms with E-state index in [9.17, 15) is 23.2 Å². The quantitative estimate of drug-likeness (QED) is 0.489. The molecule has 11 heteroatoms. The van der Waals surface area contributed by atoms with Crippen LogP contribution in [0.3, 0.4) is 0 Å². The number of likely N-dealkylation sites (N-methyl/N-ethyl adjacent to an activating group) is 1. The molecule has 0 aliphatic heterocycles. The van der Waals surface area contributed by atoms with Gasteiger partial charge in [0.25, 0.3) is 11.3 Å². The zero-order valence-electron chi connectivity index (χ0n) is 16.8. The van der Waals surface area contributed by atoms with Gasteiger partial charge >= 0.3 is 5.69 Å². The van der Waals surface area contributed by atoms with E-state index in [-0.39, 0.29) is 35.2 Å². The summed E-state index contributed by atoms with van der Waals surface area (Å²) in [6.45, 7) is 4.05. The van der Waals surface area contributed by atoms with Gasteiger partial charge in [-0.3, -0.25) is 19.1 Å². The first-order chi connectivity index (χ1) is 14.3. The number of rotatable bonds is 10. The van der Waals surface area contributed by atoms with Gasteiger partial charge in [0.15, 0.2) is 0 Å². The monoisotopic (exact) mass is 441 g/mol. The number of aromatic nitrogens is 2. The summed E-state index contributed by atoms with van der Waals surface area (Å²) in [7, 11) is 0. The van der Waals surface area contributed by atoms with Crippen molar-refractivity contribution in [1.29, 1.82) is 0 Å². The summed E-state index contributed by atoms with van der Waals surface area (Å²) in [6.07, 6.45) is 1.52. The Morgan fingerprint density at radius 2 is 2.00 bits per heavy atom. The van der Waals surface area contributed by atoms with Crippen molar-refractivity contribution in [3.8, 4) is 0 Å². The average Bonchev–Trinajstić information content (AvgIpc) is 2.68. The van der Waals surface area contributed by atoms with Gasteiger partial charge in [-0.15, -0.1) is 0 Å². The predicted octanol–water partition coefficient (Wildman–Crippen LogP) is 2.70. The first-order valence-corrected chi connectivity index (χ1v) is 10.4. The molecule has 0 aliphatic carbocycles. The highest BCUT2D eigenvalue weighted by Crippen LogP contribution is 2.31. The third kappa shape index (κ3) is 5.85. The second-order valence-electron chi connectivity index (χ2n) is 6.44. The molecule has 1 amide bonds. The van der Waals surface area contributed by atoms with Gasteiger partial charge in [0, 0.05) is 18.0 Å². The molecule has 2 rings (SSSR count). The van der Waals surface area contributed by atoms with E-state index in [1.54, 1.807) is 19.1 Å². The molecule has 164 valence electrons. The lowest BCUT2D eigenvalue weighted by Crippen LogP contribution is -2.41. The number of nitrogens with one attached hydrogen (secondary N) is 2. The molecule has 1 heterocycles. The van der Waals surface area contributed by atoms with E-state index in [0.717, 1.165) is 6.42 Å². The predicted molar refractivity (Wildman–Crippen MR) is 115 cm³/mol. The number of nitrogens with zero attached hydrogens (tertiary/aromatic N) is 2. The van der Waals surface area contributed by atoms with Crippen molar-refractivity contribution in [2.24, 2.45) is 0 Å². The lowest BCUT2D eigenvalue weighted by molar-refractivity contribution is -0.115. The van der Waals surface area contributed by atoms with Crippen LogP contribution < -0.4 is 27.2 Å². The van der Waals surface area contributed by atoms with Gasteiger partial charge in [0.1, 0.15) is 11.5 Å². The third-order valence-corrected chi connectivity index (χ3v) is 5.15. The number of hydrogen-bond donors (Lipinski definition) is 3. The molecular formula is C19H25F2N5O3S. The van der Waals surface area contributed by atoms with E-state index >= 15 is 0 Å². The Hall–Kier alpha value is -2.82. The number of amides is 1. The van der Waals surface area contributed by atoms with Gasteiger partial charge in [0.2, 0.25) is 5.91 Å². The van der Waals surface area contributed by atoms with Gasteiger partial charge in [-0.1, -0.05) is 37.2 Å². The Morgan fingerprint density at radius 3 is 2.63 bits per heavy atom. The van der Waals surface area contributed by atoms with Crippen LogP contribution in [0, 0.1) is 0 Å². The first-order valence-electron chi connectivity index (χ1n) is 9.49. The van der Waals surface area contributed by atoms with E-state index in [0.29, 0.717) is 24.7 Å². The smallest absolute Gasteiger partial charge is 0.330 e. The molecule has 1 aromatic carbocycles. The highest BCUT2D eigenvalue weighted by molar-refractivity contribution is 7.99. The Labute approximate surface area is 176 Å². The maximum atomic E-state index is 12.7. The van der Waals surface area contributed by atoms with Crippen LogP contribution in [0.5, 0.6) is 0 Å². The molecule has 4 N–H and O–H groups in total. The number of unbranched alkanes of at least 4 members (excludes halogenated alkanes) is 1. The van der Waals surface area contributed by atoms with Crippen molar-refractivity contribution < 1.29 is 13.6 Å². The normalized spacial score (nSPS) is 11.0.